The van der Waals surface area contributed by atoms with E-state index in [-0.39, 0.29) is 17.4 Å². The molecular weight excluding hydrogens is 540 g/mol. The monoisotopic (exact) mass is 562 g/mol. The zero-order valence-corrected chi connectivity index (χ0v) is 21.6. The summed E-state index contributed by atoms with van der Waals surface area (Å²) in [7, 11) is 1.19. The number of esters is 1. The third kappa shape index (κ3) is 6.43. The first kappa shape index (κ1) is 26.3. The molecular formula is C24H23BrN2O7S. The molecule has 1 saturated heterocycles. The van der Waals surface area contributed by atoms with E-state index in [1.165, 1.54) is 20.1 Å². The zero-order valence-electron chi connectivity index (χ0n) is 19.2. The molecule has 0 aliphatic carbocycles. The van der Waals surface area contributed by atoms with Crippen LogP contribution in [0.4, 0.5) is 10.5 Å². The topological polar surface area (TPSA) is 111 Å². The van der Waals surface area contributed by atoms with E-state index >= 15 is 0 Å². The van der Waals surface area contributed by atoms with Crippen LogP contribution in [-0.4, -0.2) is 54.3 Å². The number of carbonyl (C=O) groups excluding carboxylic acids is 4. The predicted molar refractivity (Wildman–Crippen MR) is 135 cm³/mol. The summed E-state index contributed by atoms with van der Waals surface area (Å²) in [5.41, 5.74) is 1.20. The molecule has 0 bridgehead atoms. The molecule has 2 aromatic carbocycles. The maximum Gasteiger partial charge on any atom is 0.328 e. The molecule has 184 valence electrons. The lowest BCUT2D eigenvalue weighted by molar-refractivity contribution is -0.148. The Kier molecular flexibility index (Phi) is 8.94. The van der Waals surface area contributed by atoms with Crippen molar-refractivity contribution in [2.75, 3.05) is 25.6 Å². The number of amides is 3. The third-order valence-electron chi connectivity index (χ3n) is 4.82. The number of nitrogens with zero attached hydrogens (tertiary/aromatic N) is 1. The summed E-state index contributed by atoms with van der Waals surface area (Å²) in [6.07, 6.45) is 1.52. The van der Waals surface area contributed by atoms with Crippen LogP contribution in [-0.2, 0) is 19.1 Å². The quantitative estimate of drug-likeness (QED) is 0.352. The predicted octanol–water partition coefficient (Wildman–Crippen LogP) is 4.46. The van der Waals surface area contributed by atoms with Gasteiger partial charge in [-0.3, -0.25) is 19.3 Å². The smallest absolute Gasteiger partial charge is 0.328 e. The van der Waals surface area contributed by atoms with E-state index in [1.54, 1.807) is 31.2 Å². The van der Waals surface area contributed by atoms with Crippen molar-refractivity contribution in [2.24, 2.45) is 0 Å². The number of hydrogen-bond acceptors (Lipinski definition) is 8. The van der Waals surface area contributed by atoms with Gasteiger partial charge < -0.3 is 19.5 Å². The molecule has 1 atom stereocenters. The maximum atomic E-state index is 12.8. The summed E-state index contributed by atoms with van der Waals surface area (Å²) in [5, 5.41) is 2.17. The van der Waals surface area contributed by atoms with Gasteiger partial charge in [-0.2, -0.15) is 0 Å². The molecule has 11 heteroatoms. The van der Waals surface area contributed by atoms with E-state index in [2.05, 4.69) is 26.0 Å². The molecule has 0 radical (unpaired) electrons. The number of para-hydroxylation sites is 1. The number of methoxy groups -OCH3 is 1. The molecule has 3 rings (SSSR count). The Balaban J connectivity index is 1.79. The third-order valence-corrected chi connectivity index (χ3v) is 6.39. The number of halogens is 1. The Morgan fingerprint density at radius 3 is 2.49 bits per heavy atom. The molecule has 0 unspecified atom stereocenters. The highest BCUT2D eigenvalue weighted by Gasteiger charge is 2.41. The molecule has 1 heterocycles. The molecule has 9 nitrogen and oxygen atoms in total. The Morgan fingerprint density at radius 2 is 1.83 bits per heavy atom. The first-order valence-corrected chi connectivity index (χ1v) is 12.1. The van der Waals surface area contributed by atoms with Gasteiger partial charge in [0.1, 0.15) is 6.04 Å². The molecule has 1 aliphatic rings. The van der Waals surface area contributed by atoms with Crippen molar-refractivity contribution in [1.82, 2.24) is 4.90 Å². The number of anilines is 1. The minimum absolute atomic E-state index is 0.143. The van der Waals surface area contributed by atoms with Gasteiger partial charge in [0.25, 0.3) is 17.1 Å². The van der Waals surface area contributed by atoms with Crippen molar-refractivity contribution in [3.63, 3.8) is 0 Å². The number of carbonyl (C=O) groups is 4. The lowest BCUT2D eigenvalue weighted by atomic mass is 10.1. The molecule has 1 fully saturated rings. The van der Waals surface area contributed by atoms with Crippen LogP contribution in [0.3, 0.4) is 0 Å². The molecule has 0 saturated carbocycles. The van der Waals surface area contributed by atoms with E-state index in [9.17, 15) is 19.2 Å². The maximum absolute atomic E-state index is 12.8. The number of hydrogen-bond donors (Lipinski definition) is 1. The summed E-state index contributed by atoms with van der Waals surface area (Å²) in [4.78, 5) is 50.2. The average molecular weight is 563 g/mol. The molecule has 0 spiro atoms. The number of rotatable bonds is 9. The van der Waals surface area contributed by atoms with E-state index in [0.29, 0.717) is 33.8 Å². The van der Waals surface area contributed by atoms with Gasteiger partial charge in [-0.05, 0) is 61.5 Å². The van der Waals surface area contributed by atoms with E-state index in [1.807, 2.05) is 18.2 Å². The van der Waals surface area contributed by atoms with Gasteiger partial charge in [0.05, 0.1) is 18.6 Å². The highest BCUT2D eigenvalue weighted by Crippen LogP contribution is 2.38. The van der Waals surface area contributed by atoms with Crippen LogP contribution in [0.5, 0.6) is 11.5 Å². The summed E-state index contributed by atoms with van der Waals surface area (Å²) >= 11 is 4.17. The summed E-state index contributed by atoms with van der Waals surface area (Å²) < 4.78 is 16.5. The van der Waals surface area contributed by atoms with Crippen LogP contribution >= 0.6 is 27.7 Å². The van der Waals surface area contributed by atoms with Crippen LogP contribution in [0.2, 0.25) is 0 Å². The van der Waals surface area contributed by atoms with Crippen molar-refractivity contribution in [3.05, 3.63) is 57.4 Å². The second-order valence-electron chi connectivity index (χ2n) is 7.21. The number of thioether (sulfide) groups is 1. The van der Waals surface area contributed by atoms with Crippen molar-refractivity contribution in [1.29, 1.82) is 0 Å². The fraction of sp³-hybridized carbons (Fsp3) is 0.250. The molecule has 0 aromatic heterocycles. The summed E-state index contributed by atoms with van der Waals surface area (Å²) in [6, 6.07) is 11.2. The normalized spacial score (nSPS) is 15.2. The van der Waals surface area contributed by atoms with Crippen LogP contribution in [0.15, 0.2) is 51.8 Å². The molecule has 3 amide bonds. The number of imide groups is 1. The fourth-order valence-electron chi connectivity index (χ4n) is 3.14. The lowest BCUT2D eigenvalue weighted by Gasteiger charge is -2.18. The van der Waals surface area contributed by atoms with Crippen molar-refractivity contribution in [2.45, 2.75) is 19.9 Å². The Hall–Kier alpha value is -3.31. The van der Waals surface area contributed by atoms with Crippen molar-refractivity contribution < 1.29 is 33.4 Å². The lowest BCUT2D eigenvalue weighted by Crippen LogP contribution is -2.42. The van der Waals surface area contributed by atoms with Crippen molar-refractivity contribution in [3.8, 4) is 11.5 Å². The Bertz CT molecular complexity index is 1170. The van der Waals surface area contributed by atoms with Crippen LogP contribution in [0.25, 0.3) is 6.08 Å². The van der Waals surface area contributed by atoms with E-state index in [0.717, 1.165) is 16.7 Å². The summed E-state index contributed by atoms with van der Waals surface area (Å²) in [6.45, 7) is 3.31. The first-order chi connectivity index (χ1) is 16.7. The van der Waals surface area contributed by atoms with Gasteiger partial charge in [0, 0.05) is 10.2 Å². The molecule has 1 aliphatic heterocycles. The zero-order chi connectivity index (χ0) is 25.5. The largest absolute Gasteiger partial charge is 0.490 e. The van der Waals surface area contributed by atoms with Gasteiger partial charge in [-0.15, -0.1) is 0 Å². The van der Waals surface area contributed by atoms with E-state index < -0.39 is 23.2 Å². The number of ether oxygens (including phenoxy) is 3. The van der Waals surface area contributed by atoms with Gasteiger partial charge in [-0.1, -0.05) is 34.1 Å². The second kappa shape index (κ2) is 11.9. The van der Waals surface area contributed by atoms with Crippen molar-refractivity contribution >= 4 is 62.5 Å². The Labute approximate surface area is 214 Å². The Morgan fingerprint density at radius 1 is 1.14 bits per heavy atom. The number of benzene rings is 2. The van der Waals surface area contributed by atoms with Gasteiger partial charge in [0.15, 0.2) is 18.1 Å². The average Bonchev–Trinajstić information content (AvgIpc) is 3.12. The van der Waals surface area contributed by atoms with Gasteiger partial charge >= 0.3 is 5.97 Å². The highest BCUT2D eigenvalue weighted by molar-refractivity contribution is 9.10. The van der Waals surface area contributed by atoms with Crippen LogP contribution in [0, 0.1) is 0 Å². The summed E-state index contributed by atoms with van der Waals surface area (Å²) in [5.74, 6) is -0.942. The molecule has 35 heavy (non-hydrogen) atoms. The molecule has 1 N–H and O–H groups in total. The molecule has 2 aromatic rings. The fourth-order valence-corrected chi connectivity index (χ4v) is 4.47. The second-order valence-corrected chi connectivity index (χ2v) is 9.05. The SMILES string of the molecule is CCOc1cc(/C=C2/SC(=O)N([C@H](C)C(=O)OC)C2=O)c(Br)cc1OCC(=O)Nc1ccccc1. The van der Waals surface area contributed by atoms with Crippen LogP contribution in [0.1, 0.15) is 19.4 Å². The van der Waals surface area contributed by atoms with Gasteiger partial charge in [-0.25, -0.2) is 4.79 Å². The van der Waals surface area contributed by atoms with Gasteiger partial charge in [0.2, 0.25) is 0 Å². The van der Waals surface area contributed by atoms with Crippen LogP contribution < -0.4 is 14.8 Å². The number of nitrogens with one attached hydrogen (secondary N) is 1. The highest BCUT2D eigenvalue weighted by atomic mass is 79.9. The minimum atomic E-state index is -1.04. The minimum Gasteiger partial charge on any atom is -0.490 e. The standard InChI is InChI=1S/C24H23BrN2O7S/c1-4-33-18-10-15(11-20-22(29)27(24(31)35-20)14(2)23(30)32-3)17(25)12-19(18)34-13-21(28)26-16-8-6-5-7-9-16/h5-12,14H,4,13H2,1-3H3,(H,26,28)/b20-11+/t14-/m1/s1. The van der Waals surface area contributed by atoms with E-state index in [4.69, 9.17) is 9.47 Å². The first-order valence-electron chi connectivity index (χ1n) is 10.5.